The summed E-state index contributed by atoms with van der Waals surface area (Å²) < 4.78 is 5.35. The van der Waals surface area contributed by atoms with Gasteiger partial charge in [-0.15, -0.1) is 0 Å². The van der Waals surface area contributed by atoms with Crippen LogP contribution in [0.15, 0.2) is 84.9 Å². The molecule has 5 heteroatoms. The maximum absolute atomic E-state index is 12.6. The number of unbranched alkanes of at least 4 members (excludes halogenated alkanes) is 2. The van der Waals surface area contributed by atoms with Crippen LogP contribution in [0.25, 0.3) is 0 Å². The van der Waals surface area contributed by atoms with E-state index in [2.05, 4.69) is 35.1 Å². The second-order valence-corrected chi connectivity index (χ2v) is 7.42. The zero-order chi connectivity index (χ0) is 21.9. The first kappa shape index (κ1) is 22.5. The highest BCUT2D eigenvalue weighted by Gasteiger charge is 2.36. The number of benzene rings is 3. The Bertz CT molecular complexity index is 888. The third-order valence-electron chi connectivity index (χ3n) is 5.39. The van der Waals surface area contributed by atoms with Crippen LogP contribution in [0, 0.1) is 0 Å². The van der Waals surface area contributed by atoms with Crippen molar-refractivity contribution in [2.75, 3.05) is 13.7 Å². The van der Waals surface area contributed by atoms with Gasteiger partial charge in [-0.25, -0.2) is 5.43 Å². The van der Waals surface area contributed by atoms with Crippen LogP contribution < -0.4 is 15.6 Å². The first-order valence-corrected chi connectivity index (χ1v) is 10.6. The molecule has 0 atom stereocenters. The van der Waals surface area contributed by atoms with Crippen molar-refractivity contribution < 1.29 is 14.6 Å². The largest absolute Gasteiger partial charge is 0.497 e. The zero-order valence-corrected chi connectivity index (χ0v) is 17.9. The van der Waals surface area contributed by atoms with Gasteiger partial charge in [0.1, 0.15) is 11.3 Å². The summed E-state index contributed by atoms with van der Waals surface area (Å²) in [7, 11) is 1.64. The lowest BCUT2D eigenvalue weighted by atomic mass is 9.77. The predicted molar refractivity (Wildman–Crippen MR) is 123 cm³/mol. The Hall–Kier alpha value is -3.15. The highest BCUT2D eigenvalue weighted by atomic mass is 16.5. The Morgan fingerprint density at radius 1 is 0.806 bits per heavy atom. The molecule has 0 spiro atoms. The van der Waals surface area contributed by atoms with Gasteiger partial charge in [-0.05, 0) is 41.7 Å². The number of ether oxygens (including phenoxy) is 1. The van der Waals surface area contributed by atoms with Gasteiger partial charge in [0.25, 0.3) is 0 Å². The van der Waals surface area contributed by atoms with Gasteiger partial charge in [0.2, 0.25) is 5.91 Å². The monoisotopic (exact) mass is 418 g/mol. The lowest BCUT2D eigenvalue weighted by Gasteiger charge is -2.37. The molecule has 3 aromatic rings. The van der Waals surface area contributed by atoms with Crippen LogP contribution in [0.3, 0.4) is 0 Å². The number of methoxy groups -OCH3 is 1. The fraction of sp³-hybridized carbons (Fsp3) is 0.269. The van der Waals surface area contributed by atoms with Crippen molar-refractivity contribution in [1.82, 2.24) is 10.9 Å². The molecule has 162 valence electrons. The fourth-order valence-electron chi connectivity index (χ4n) is 3.73. The van der Waals surface area contributed by atoms with E-state index in [0.29, 0.717) is 12.8 Å². The molecule has 0 aliphatic heterocycles. The van der Waals surface area contributed by atoms with Crippen molar-refractivity contribution >= 4 is 5.91 Å². The molecule has 0 unspecified atom stereocenters. The molecule has 5 nitrogen and oxygen atoms in total. The van der Waals surface area contributed by atoms with Gasteiger partial charge in [-0.2, -0.15) is 0 Å². The van der Waals surface area contributed by atoms with Crippen LogP contribution in [-0.4, -0.2) is 24.7 Å². The molecular weight excluding hydrogens is 388 g/mol. The van der Waals surface area contributed by atoms with Crippen LogP contribution >= 0.6 is 0 Å². The quantitative estimate of drug-likeness (QED) is 0.248. The second kappa shape index (κ2) is 11.3. The Morgan fingerprint density at radius 3 is 1.87 bits per heavy atom. The lowest BCUT2D eigenvalue weighted by molar-refractivity contribution is -0.122. The summed E-state index contributed by atoms with van der Waals surface area (Å²) in [6.07, 6.45) is 2.67. The second-order valence-electron chi connectivity index (χ2n) is 7.42. The number of hydrogen-bond acceptors (Lipinski definition) is 4. The standard InChI is InChI=1S/C26H30N2O3/c1-31-24-18-16-23(17-19-24)26(21-11-5-2-6-12-21,22-13-7-3-8-14-22)28-27-25(30)15-9-4-10-20-29/h2-3,5-8,11-14,16-19,28-29H,4,9-10,15,20H2,1H3,(H,27,30). The van der Waals surface area contributed by atoms with Crippen molar-refractivity contribution in [2.45, 2.75) is 31.2 Å². The highest BCUT2D eigenvalue weighted by molar-refractivity contribution is 5.75. The van der Waals surface area contributed by atoms with Crippen molar-refractivity contribution in [3.63, 3.8) is 0 Å². The molecule has 1 amide bonds. The van der Waals surface area contributed by atoms with Gasteiger partial charge in [-0.1, -0.05) is 79.2 Å². The van der Waals surface area contributed by atoms with Gasteiger partial charge in [-0.3, -0.25) is 10.2 Å². The molecule has 0 bridgehead atoms. The minimum absolute atomic E-state index is 0.0808. The Kier molecular flexibility index (Phi) is 8.21. The topological polar surface area (TPSA) is 70.6 Å². The molecular formula is C26H30N2O3. The zero-order valence-electron chi connectivity index (χ0n) is 17.9. The number of carbonyl (C=O) groups excluding carboxylic acids is 1. The molecule has 0 saturated carbocycles. The third-order valence-corrected chi connectivity index (χ3v) is 5.39. The Morgan fingerprint density at radius 2 is 1.35 bits per heavy atom. The average molecular weight is 419 g/mol. The molecule has 3 N–H and O–H groups in total. The molecule has 31 heavy (non-hydrogen) atoms. The molecule has 0 aliphatic rings. The van der Waals surface area contributed by atoms with Crippen molar-refractivity contribution in [1.29, 1.82) is 0 Å². The summed E-state index contributed by atoms with van der Waals surface area (Å²) in [5.74, 6) is 0.689. The van der Waals surface area contributed by atoms with Gasteiger partial charge >= 0.3 is 0 Å². The summed E-state index contributed by atoms with van der Waals surface area (Å²) in [5.41, 5.74) is 8.52. The molecule has 0 fully saturated rings. The smallest absolute Gasteiger partial charge is 0.234 e. The van der Waals surface area contributed by atoms with Gasteiger partial charge in [0, 0.05) is 13.0 Å². The van der Waals surface area contributed by atoms with Gasteiger partial charge in [0.15, 0.2) is 0 Å². The molecule has 0 aliphatic carbocycles. The lowest BCUT2D eigenvalue weighted by Crippen LogP contribution is -2.53. The first-order valence-electron chi connectivity index (χ1n) is 10.6. The minimum Gasteiger partial charge on any atom is -0.497 e. The number of amides is 1. The van der Waals surface area contributed by atoms with E-state index in [4.69, 9.17) is 9.84 Å². The van der Waals surface area contributed by atoms with Gasteiger partial charge in [0.05, 0.1) is 7.11 Å². The van der Waals surface area contributed by atoms with Crippen LogP contribution in [0.2, 0.25) is 0 Å². The van der Waals surface area contributed by atoms with Crippen molar-refractivity contribution in [3.8, 4) is 5.75 Å². The van der Waals surface area contributed by atoms with Crippen LogP contribution in [0.5, 0.6) is 5.75 Å². The molecule has 0 radical (unpaired) electrons. The average Bonchev–Trinajstić information content (AvgIpc) is 2.84. The van der Waals surface area contributed by atoms with E-state index in [9.17, 15) is 4.79 Å². The van der Waals surface area contributed by atoms with Crippen LogP contribution in [-0.2, 0) is 10.3 Å². The number of aliphatic hydroxyl groups excluding tert-OH is 1. The summed E-state index contributed by atoms with van der Waals surface area (Å²) >= 11 is 0. The minimum atomic E-state index is -0.782. The van der Waals surface area contributed by atoms with E-state index in [1.807, 2.05) is 60.7 Å². The van der Waals surface area contributed by atoms with Gasteiger partial charge < -0.3 is 9.84 Å². The van der Waals surface area contributed by atoms with E-state index >= 15 is 0 Å². The molecule has 0 aromatic heterocycles. The summed E-state index contributed by atoms with van der Waals surface area (Å²) in [5, 5.41) is 8.94. The molecule has 0 saturated heterocycles. The number of hydrazine groups is 1. The SMILES string of the molecule is COc1ccc(C(NNC(=O)CCCCCO)(c2ccccc2)c2ccccc2)cc1. The van der Waals surface area contributed by atoms with Crippen LogP contribution in [0.4, 0.5) is 0 Å². The number of aliphatic hydroxyl groups is 1. The summed E-state index contributed by atoms with van der Waals surface area (Å²) in [6, 6.07) is 28.0. The molecule has 3 rings (SSSR count). The molecule has 0 heterocycles. The van der Waals surface area contributed by atoms with E-state index in [1.54, 1.807) is 7.11 Å². The normalized spacial score (nSPS) is 11.2. The number of rotatable bonds is 11. The number of hydrogen-bond donors (Lipinski definition) is 3. The van der Waals surface area contributed by atoms with Crippen molar-refractivity contribution in [2.24, 2.45) is 0 Å². The number of carbonyl (C=O) groups is 1. The fourth-order valence-corrected chi connectivity index (χ4v) is 3.73. The maximum atomic E-state index is 12.6. The summed E-state index contributed by atoms with van der Waals surface area (Å²) in [4.78, 5) is 12.6. The van der Waals surface area contributed by atoms with Crippen molar-refractivity contribution in [3.05, 3.63) is 102 Å². The van der Waals surface area contributed by atoms with E-state index in [-0.39, 0.29) is 12.5 Å². The third kappa shape index (κ3) is 5.51. The maximum Gasteiger partial charge on any atom is 0.234 e. The van der Waals surface area contributed by atoms with E-state index in [0.717, 1.165) is 35.3 Å². The summed E-state index contributed by atoms with van der Waals surface area (Å²) in [6.45, 7) is 0.155. The first-order chi connectivity index (χ1) is 15.2. The van der Waals surface area contributed by atoms with E-state index in [1.165, 1.54) is 0 Å². The Balaban J connectivity index is 1.99. The Labute approximate surface area is 184 Å². The number of nitrogens with one attached hydrogen (secondary N) is 2. The van der Waals surface area contributed by atoms with E-state index < -0.39 is 5.54 Å². The molecule has 3 aromatic carbocycles. The van der Waals surface area contributed by atoms with Crippen LogP contribution in [0.1, 0.15) is 42.4 Å². The predicted octanol–water partition coefficient (Wildman–Crippen LogP) is 4.16. The highest BCUT2D eigenvalue weighted by Crippen LogP contribution is 2.37.